The van der Waals surface area contributed by atoms with Crippen LogP contribution in [0, 0.1) is 0 Å². The van der Waals surface area contributed by atoms with E-state index in [0.29, 0.717) is 27.5 Å². The number of ether oxygens (including phenoxy) is 1. The van der Waals surface area contributed by atoms with E-state index in [1.165, 1.54) is 23.1 Å². The normalized spacial score (nSPS) is 11.0. The molecular weight excluding hydrogens is 384 g/mol. The molecule has 2 N–H and O–H groups in total. The molecule has 2 aromatic heterocycles. The van der Waals surface area contributed by atoms with E-state index in [9.17, 15) is 9.59 Å². The third-order valence-corrected chi connectivity index (χ3v) is 6.25. The van der Waals surface area contributed by atoms with Gasteiger partial charge in [-0.25, -0.2) is 4.98 Å². The summed E-state index contributed by atoms with van der Waals surface area (Å²) in [4.78, 5) is 32.6. The number of aliphatic carboxylic acids is 1. The van der Waals surface area contributed by atoms with Crippen molar-refractivity contribution >= 4 is 39.3 Å². The highest BCUT2D eigenvalue weighted by Crippen LogP contribution is 2.38. The van der Waals surface area contributed by atoms with E-state index >= 15 is 0 Å². The van der Waals surface area contributed by atoms with Crippen molar-refractivity contribution in [1.82, 2.24) is 9.97 Å². The Hall–Kier alpha value is -2.32. The lowest BCUT2D eigenvalue weighted by molar-refractivity contribution is -0.137. The average Bonchev–Trinajstić information content (AvgIpc) is 3.04. The lowest BCUT2D eigenvalue weighted by atomic mass is 10.0. The number of H-pyrrole nitrogens is 1. The molecule has 0 bridgehead atoms. The zero-order valence-electron chi connectivity index (χ0n) is 15.1. The lowest BCUT2D eigenvalue weighted by Crippen LogP contribution is -2.09. The molecule has 1 aromatic carbocycles. The zero-order chi connectivity index (χ0) is 19.4. The molecular formula is C19H20N2O4S2. The van der Waals surface area contributed by atoms with Gasteiger partial charge in [-0.3, -0.25) is 9.59 Å². The number of fused-ring (bicyclic) bond motifs is 1. The standard InChI is InChI=1S/C19H20N2O4S2/c1-3-13-15(11-6-4-7-12(10-11)25-2)16-17(24)20-19(21-18(16)27-13)26-9-5-8-14(22)23/h4,6-7,10H,3,5,8-9H2,1-2H3,(H,22,23)(H,20,21,24). The molecule has 8 heteroatoms. The summed E-state index contributed by atoms with van der Waals surface area (Å²) >= 11 is 2.90. The van der Waals surface area contributed by atoms with Crippen molar-refractivity contribution in [2.45, 2.75) is 31.3 Å². The highest BCUT2D eigenvalue weighted by Gasteiger charge is 2.18. The summed E-state index contributed by atoms with van der Waals surface area (Å²) in [6.07, 6.45) is 1.44. The second-order valence-corrected chi connectivity index (χ2v) is 8.05. The number of thioether (sulfide) groups is 1. The number of aryl methyl sites for hydroxylation is 1. The molecule has 0 aliphatic heterocycles. The zero-order valence-corrected chi connectivity index (χ0v) is 16.7. The minimum absolute atomic E-state index is 0.110. The highest BCUT2D eigenvalue weighted by molar-refractivity contribution is 7.99. The van der Waals surface area contributed by atoms with Crippen LogP contribution in [0.15, 0.2) is 34.2 Å². The van der Waals surface area contributed by atoms with Gasteiger partial charge >= 0.3 is 5.97 Å². The first-order chi connectivity index (χ1) is 13.0. The Kier molecular flexibility index (Phi) is 6.18. The molecule has 0 fully saturated rings. The molecule has 2 heterocycles. The van der Waals surface area contributed by atoms with Crippen molar-refractivity contribution in [3.63, 3.8) is 0 Å². The Morgan fingerprint density at radius 3 is 2.93 bits per heavy atom. The van der Waals surface area contributed by atoms with E-state index in [2.05, 4.69) is 16.9 Å². The maximum atomic E-state index is 12.8. The van der Waals surface area contributed by atoms with E-state index in [-0.39, 0.29) is 12.0 Å². The van der Waals surface area contributed by atoms with E-state index in [1.807, 2.05) is 24.3 Å². The number of hydrogen-bond donors (Lipinski definition) is 2. The third kappa shape index (κ3) is 4.33. The van der Waals surface area contributed by atoms with E-state index < -0.39 is 5.97 Å². The van der Waals surface area contributed by atoms with Crippen molar-refractivity contribution in [2.24, 2.45) is 0 Å². The summed E-state index contributed by atoms with van der Waals surface area (Å²) in [7, 11) is 1.62. The Labute approximate surface area is 164 Å². The smallest absolute Gasteiger partial charge is 0.303 e. The molecule has 0 aliphatic rings. The monoisotopic (exact) mass is 404 g/mol. The van der Waals surface area contributed by atoms with Crippen LogP contribution in [-0.4, -0.2) is 33.9 Å². The second kappa shape index (κ2) is 8.58. The van der Waals surface area contributed by atoms with Crippen molar-refractivity contribution in [1.29, 1.82) is 0 Å². The van der Waals surface area contributed by atoms with Crippen molar-refractivity contribution in [3.8, 4) is 16.9 Å². The van der Waals surface area contributed by atoms with Gasteiger partial charge in [0.1, 0.15) is 10.6 Å². The van der Waals surface area contributed by atoms with Crippen LogP contribution >= 0.6 is 23.1 Å². The number of aromatic nitrogens is 2. The Morgan fingerprint density at radius 2 is 2.22 bits per heavy atom. The van der Waals surface area contributed by atoms with Crippen LogP contribution in [0.2, 0.25) is 0 Å². The van der Waals surface area contributed by atoms with Crippen molar-refractivity contribution in [3.05, 3.63) is 39.5 Å². The largest absolute Gasteiger partial charge is 0.497 e. The van der Waals surface area contributed by atoms with Gasteiger partial charge in [0.15, 0.2) is 5.16 Å². The average molecular weight is 405 g/mol. The molecule has 0 aliphatic carbocycles. The summed E-state index contributed by atoms with van der Waals surface area (Å²) in [5, 5.41) is 9.84. The van der Waals surface area contributed by atoms with Crippen LogP contribution in [0.5, 0.6) is 5.75 Å². The van der Waals surface area contributed by atoms with Crippen LogP contribution in [0.4, 0.5) is 0 Å². The number of aromatic amines is 1. The molecule has 3 rings (SSSR count). The van der Waals surface area contributed by atoms with Gasteiger partial charge in [-0.1, -0.05) is 30.8 Å². The first-order valence-corrected chi connectivity index (χ1v) is 10.4. The quantitative estimate of drug-likeness (QED) is 0.332. The number of rotatable bonds is 8. The first-order valence-electron chi connectivity index (χ1n) is 8.58. The maximum Gasteiger partial charge on any atom is 0.303 e. The van der Waals surface area contributed by atoms with Crippen LogP contribution in [0.1, 0.15) is 24.6 Å². The van der Waals surface area contributed by atoms with Gasteiger partial charge in [-0.2, -0.15) is 0 Å². The van der Waals surface area contributed by atoms with Crippen LogP contribution in [-0.2, 0) is 11.2 Å². The molecule has 0 atom stereocenters. The summed E-state index contributed by atoms with van der Waals surface area (Å²) in [6.45, 7) is 2.06. The van der Waals surface area contributed by atoms with E-state index in [0.717, 1.165) is 28.2 Å². The Morgan fingerprint density at radius 1 is 1.41 bits per heavy atom. The summed E-state index contributed by atoms with van der Waals surface area (Å²) in [5.41, 5.74) is 1.67. The maximum absolute atomic E-state index is 12.8. The van der Waals surface area contributed by atoms with Crippen LogP contribution in [0.25, 0.3) is 21.3 Å². The molecule has 0 saturated heterocycles. The summed E-state index contributed by atoms with van der Waals surface area (Å²) in [6, 6.07) is 7.68. The number of hydrogen-bond acceptors (Lipinski definition) is 6. The van der Waals surface area contributed by atoms with Gasteiger partial charge in [0.25, 0.3) is 5.56 Å². The van der Waals surface area contributed by atoms with Crippen LogP contribution < -0.4 is 10.3 Å². The molecule has 6 nitrogen and oxygen atoms in total. The van der Waals surface area contributed by atoms with Gasteiger partial charge in [0.2, 0.25) is 0 Å². The molecule has 0 saturated carbocycles. The molecule has 0 amide bonds. The van der Waals surface area contributed by atoms with Gasteiger partial charge in [-0.15, -0.1) is 11.3 Å². The predicted octanol–water partition coefficient (Wildman–Crippen LogP) is 4.18. The third-order valence-electron chi connectivity index (χ3n) is 4.07. The fourth-order valence-electron chi connectivity index (χ4n) is 2.83. The van der Waals surface area contributed by atoms with E-state index in [1.54, 1.807) is 7.11 Å². The SMILES string of the molecule is CCc1sc2nc(SCCCC(=O)O)[nH]c(=O)c2c1-c1cccc(OC)c1. The van der Waals surface area contributed by atoms with E-state index in [4.69, 9.17) is 9.84 Å². The van der Waals surface area contributed by atoms with Crippen molar-refractivity contribution < 1.29 is 14.6 Å². The number of carbonyl (C=O) groups is 1. The Bertz CT molecular complexity index is 1030. The lowest BCUT2D eigenvalue weighted by Gasteiger charge is -2.06. The topological polar surface area (TPSA) is 92.3 Å². The van der Waals surface area contributed by atoms with Gasteiger partial charge in [0.05, 0.1) is 12.5 Å². The predicted molar refractivity (Wildman–Crippen MR) is 109 cm³/mol. The van der Waals surface area contributed by atoms with Crippen molar-refractivity contribution in [2.75, 3.05) is 12.9 Å². The Balaban J connectivity index is 2.00. The number of benzene rings is 1. The van der Waals surface area contributed by atoms with Gasteiger partial charge in [0, 0.05) is 22.6 Å². The number of methoxy groups -OCH3 is 1. The number of thiophene rings is 1. The minimum Gasteiger partial charge on any atom is -0.497 e. The number of carboxylic acids is 1. The number of carboxylic acid groups (broad SMARTS) is 1. The van der Waals surface area contributed by atoms with Gasteiger partial charge in [-0.05, 0) is 30.5 Å². The molecule has 0 spiro atoms. The molecule has 0 radical (unpaired) electrons. The molecule has 142 valence electrons. The van der Waals surface area contributed by atoms with Crippen LogP contribution in [0.3, 0.4) is 0 Å². The molecule has 3 aromatic rings. The fraction of sp³-hybridized carbons (Fsp3) is 0.316. The molecule has 27 heavy (non-hydrogen) atoms. The summed E-state index contributed by atoms with van der Waals surface area (Å²) in [5.74, 6) is 0.514. The fourth-order valence-corrected chi connectivity index (χ4v) is 4.82. The highest BCUT2D eigenvalue weighted by atomic mass is 32.2. The number of nitrogens with zero attached hydrogens (tertiary/aromatic N) is 1. The summed E-state index contributed by atoms with van der Waals surface area (Å²) < 4.78 is 5.32. The minimum atomic E-state index is -0.818. The molecule has 0 unspecified atom stereocenters. The number of nitrogens with one attached hydrogen (secondary N) is 1. The van der Waals surface area contributed by atoms with Gasteiger partial charge < -0.3 is 14.8 Å². The first kappa shape index (κ1) is 19.4. The second-order valence-electron chi connectivity index (χ2n) is 5.88.